The van der Waals surface area contributed by atoms with Gasteiger partial charge in [0.2, 0.25) is 0 Å². The van der Waals surface area contributed by atoms with Crippen LogP contribution in [0.1, 0.15) is 33.9 Å². The van der Waals surface area contributed by atoms with Crippen LogP contribution in [0.2, 0.25) is 0 Å². The number of benzene rings is 3. The van der Waals surface area contributed by atoms with Gasteiger partial charge in [-0.25, -0.2) is 4.39 Å². The number of ether oxygens (including phenoxy) is 2. The predicted octanol–water partition coefficient (Wildman–Crippen LogP) is 4.48. The van der Waals surface area contributed by atoms with E-state index in [4.69, 9.17) is 9.47 Å². The number of hydrogen-bond donors (Lipinski definition) is 1. The van der Waals surface area contributed by atoms with Crippen LogP contribution in [0.15, 0.2) is 60.7 Å². The molecule has 146 valence electrons. The van der Waals surface area contributed by atoms with E-state index in [0.717, 1.165) is 41.2 Å². The lowest BCUT2D eigenvalue weighted by molar-refractivity contribution is 0.353. The van der Waals surface area contributed by atoms with Crippen molar-refractivity contribution in [2.75, 3.05) is 20.8 Å². The van der Waals surface area contributed by atoms with E-state index in [1.807, 2.05) is 18.2 Å². The van der Waals surface area contributed by atoms with Gasteiger partial charge >= 0.3 is 0 Å². The number of rotatable bonds is 3. The average Bonchev–Trinajstić information content (AvgIpc) is 2.77. The molecule has 1 heterocycles. The van der Waals surface area contributed by atoms with E-state index in [9.17, 15) is 4.39 Å². The van der Waals surface area contributed by atoms with Crippen molar-refractivity contribution in [2.45, 2.75) is 12.5 Å². The molecule has 29 heavy (non-hydrogen) atoms. The molecule has 1 N–H and O–H groups in total. The minimum atomic E-state index is -0.261. The summed E-state index contributed by atoms with van der Waals surface area (Å²) in [5, 5.41) is 3.61. The largest absolute Gasteiger partial charge is 0.493 e. The van der Waals surface area contributed by atoms with Crippen LogP contribution in [0.3, 0.4) is 0 Å². The van der Waals surface area contributed by atoms with Crippen LogP contribution in [0.5, 0.6) is 11.5 Å². The molecule has 0 saturated heterocycles. The fourth-order valence-electron chi connectivity index (χ4n) is 3.70. The van der Waals surface area contributed by atoms with Crippen molar-refractivity contribution in [3.8, 4) is 23.3 Å². The highest BCUT2D eigenvalue weighted by atomic mass is 19.1. The van der Waals surface area contributed by atoms with Gasteiger partial charge in [0.25, 0.3) is 0 Å². The average molecular weight is 387 g/mol. The Morgan fingerprint density at radius 1 is 0.897 bits per heavy atom. The van der Waals surface area contributed by atoms with E-state index in [1.54, 1.807) is 26.4 Å². The first-order valence-electron chi connectivity index (χ1n) is 9.54. The number of hydrogen-bond acceptors (Lipinski definition) is 3. The third kappa shape index (κ3) is 3.96. The molecule has 1 atom stereocenters. The highest BCUT2D eigenvalue weighted by Gasteiger charge is 2.25. The first-order valence-corrected chi connectivity index (χ1v) is 9.54. The molecule has 1 aliphatic rings. The van der Waals surface area contributed by atoms with Gasteiger partial charge in [0.05, 0.1) is 20.3 Å². The molecule has 1 unspecified atom stereocenters. The summed E-state index contributed by atoms with van der Waals surface area (Å²) in [5.41, 5.74) is 5.24. The summed E-state index contributed by atoms with van der Waals surface area (Å²) in [6.07, 6.45) is 0.926. The molecule has 4 heteroatoms. The van der Waals surface area contributed by atoms with Gasteiger partial charge in [0.15, 0.2) is 11.5 Å². The third-order valence-corrected chi connectivity index (χ3v) is 5.16. The zero-order valence-electron chi connectivity index (χ0n) is 16.5. The lowest BCUT2D eigenvalue weighted by atomic mass is 9.87. The molecule has 0 radical (unpaired) electrons. The zero-order valence-corrected chi connectivity index (χ0v) is 16.5. The molecule has 1 aliphatic heterocycles. The van der Waals surface area contributed by atoms with Crippen molar-refractivity contribution >= 4 is 0 Å². The first-order chi connectivity index (χ1) is 14.2. The van der Waals surface area contributed by atoms with Gasteiger partial charge in [-0.2, -0.15) is 0 Å². The minimum absolute atomic E-state index is 0.0114. The molecular formula is C25H22FNO2. The van der Waals surface area contributed by atoms with Gasteiger partial charge in [0.1, 0.15) is 5.82 Å². The van der Waals surface area contributed by atoms with Gasteiger partial charge in [-0.3, -0.25) is 0 Å². The van der Waals surface area contributed by atoms with E-state index in [-0.39, 0.29) is 11.9 Å². The summed E-state index contributed by atoms with van der Waals surface area (Å²) in [7, 11) is 3.31. The van der Waals surface area contributed by atoms with Crippen molar-refractivity contribution in [1.29, 1.82) is 0 Å². The van der Waals surface area contributed by atoms with Gasteiger partial charge in [-0.15, -0.1) is 0 Å². The Labute approximate surface area is 170 Å². The van der Waals surface area contributed by atoms with Gasteiger partial charge in [0, 0.05) is 17.7 Å². The van der Waals surface area contributed by atoms with Crippen LogP contribution < -0.4 is 14.8 Å². The van der Waals surface area contributed by atoms with E-state index in [1.165, 1.54) is 23.3 Å². The third-order valence-electron chi connectivity index (χ3n) is 5.16. The summed E-state index contributed by atoms with van der Waals surface area (Å²) in [6, 6.07) is 18.5. The van der Waals surface area contributed by atoms with Crippen LogP contribution in [-0.2, 0) is 6.42 Å². The number of methoxy groups -OCH3 is 2. The Bertz CT molecular complexity index is 1080. The molecule has 4 rings (SSSR count). The second-order valence-electron chi connectivity index (χ2n) is 6.89. The maximum Gasteiger partial charge on any atom is 0.161 e. The van der Waals surface area contributed by atoms with Crippen LogP contribution in [0.4, 0.5) is 4.39 Å². The molecule has 0 spiro atoms. The number of halogens is 1. The molecule has 0 fully saturated rings. The molecule has 3 aromatic rings. The molecule has 0 aliphatic carbocycles. The normalized spacial score (nSPS) is 15.1. The van der Waals surface area contributed by atoms with Crippen LogP contribution >= 0.6 is 0 Å². The van der Waals surface area contributed by atoms with Crippen molar-refractivity contribution in [3.63, 3.8) is 0 Å². The van der Waals surface area contributed by atoms with Gasteiger partial charge < -0.3 is 14.8 Å². The Morgan fingerprint density at radius 2 is 1.62 bits per heavy atom. The monoisotopic (exact) mass is 387 g/mol. The van der Waals surface area contributed by atoms with Crippen LogP contribution in [0.25, 0.3) is 0 Å². The summed E-state index contributed by atoms with van der Waals surface area (Å²) in [5.74, 6) is 7.61. The van der Waals surface area contributed by atoms with E-state index >= 15 is 0 Å². The lowest BCUT2D eigenvalue weighted by Crippen LogP contribution is -2.31. The maximum absolute atomic E-state index is 13.1. The van der Waals surface area contributed by atoms with E-state index in [2.05, 4.69) is 35.4 Å². The SMILES string of the molecule is COc1cc2c(cc1OC)C(c1ccccc1C#Cc1ccc(F)cc1)NCC2. The molecule has 0 amide bonds. The summed E-state index contributed by atoms with van der Waals surface area (Å²) in [6.45, 7) is 0.868. The zero-order chi connectivity index (χ0) is 20.2. The Hall–Kier alpha value is -3.29. The second-order valence-corrected chi connectivity index (χ2v) is 6.89. The Kier molecular flexibility index (Phi) is 5.50. The maximum atomic E-state index is 13.1. The van der Waals surface area contributed by atoms with Gasteiger partial charge in [-0.05, 0) is 65.6 Å². The summed E-state index contributed by atoms with van der Waals surface area (Å²) >= 11 is 0. The highest BCUT2D eigenvalue weighted by Crippen LogP contribution is 2.38. The molecule has 0 saturated carbocycles. The number of fused-ring (bicyclic) bond motifs is 1. The highest BCUT2D eigenvalue weighted by molar-refractivity contribution is 5.55. The van der Waals surface area contributed by atoms with E-state index < -0.39 is 0 Å². The lowest BCUT2D eigenvalue weighted by Gasteiger charge is -2.29. The second kappa shape index (κ2) is 8.38. The summed E-state index contributed by atoms with van der Waals surface area (Å²) in [4.78, 5) is 0. The minimum Gasteiger partial charge on any atom is -0.493 e. The van der Waals surface area contributed by atoms with Crippen molar-refractivity contribution < 1.29 is 13.9 Å². The summed E-state index contributed by atoms with van der Waals surface area (Å²) < 4.78 is 24.1. The predicted molar refractivity (Wildman–Crippen MR) is 112 cm³/mol. The quantitative estimate of drug-likeness (QED) is 0.673. The molecule has 0 bridgehead atoms. The van der Waals surface area contributed by atoms with Crippen LogP contribution in [0, 0.1) is 17.7 Å². The molecule has 0 aromatic heterocycles. The van der Waals surface area contributed by atoms with Crippen LogP contribution in [-0.4, -0.2) is 20.8 Å². The smallest absolute Gasteiger partial charge is 0.161 e. The number of nitrogens with one attached hydrogen (secondary N) is 1. The first kappa shape index (κ1) is 19.0. The fraction of sp³-hybridized carbons (Fsp3) is 0.200. The van der Waals surface area contributed by atoms with Crippen molar-refractivity contribution in [1.82, 2.24) is 5.32 Å². The topological polar surface area (TPSA) is 30.5 Å². The van der Waals surface area contributed by atoms with Crippen molar-refractivity contribution in [2.24, 2.45) is 0 Å². The molecule has 3 nitrogen and oxygen atoms in total. The molecule has 3 aromatic carbocycles. The van der Waals surface area contributed by atoms with Gasteiger partial charge in [-0.1, -0.05) is 30.0 Å². The Morgan fingerprint density at radius 3 is 2.38 bits per heavy atom. The van der Waals surface area contributed by atoms with E-state index in [0.29, 0.717) is 0 Å². The Balaban J connectivity index is 1.75. The molecular weight excluding hydrogens is 365 g/mol. The standard InChI is InChI=1S/C25H22FNO2/c1-28-23-15-19-13-14-27-25(22(19)16-24(23)29-2)21-6-4-3-5-18(21)10-7-17-8-11-20(26)12-9-17/h3-6,8-9,11-12,15-16,25,27H,13-14H2,1-2H3. The van der Waals surface area contributed by atoms with Crippen molar-refractivity contribution in [3.05, 3.63) is 94.3 Å². The fourth-order valence-corrected chi connectivity index (χ4v) is 3.70.